The summed E-state index contributed by atoms with van der Waals surface area (Å²) in [6.07, 6.45) is 0. The van der Waals surface area contributed by atoms with Gasteiger partial charge in [0.1, 0.15) is 33.0 Å². The highest BCUT2D eigenvalue weighted by atomic mass is 32.2. The SMILES string of the molecule is COc1ccccc1-c1nc(C(=O)N2CCN(S(=O)(=O)c3ccc(F)cc3F)CC2)cs1. The van der Waals surface area contributed by atoms with Crippen LogP contribution >= 0.6 is 11.3 Å². The van der Waals surface area contributed by atoms with Gasteiger partial charge in [0, 0.05) is 37.6 Å². The summed E-state index contributed by atoms with van der Waals surface area (Å²) in [4.78, 5) is 18.2. The average molecular weight is 480 g/mol. The van der Waals surface area contributed by atoms with Gasteiger partial charge < -0.3 is 9.64 Å². The van der Waals surface area contributed by atoms with Crippen LogP contribution in [0.5, 0.6) is 5.75 Å². The molecule has 1 aliphatic rings. The number of rotatable bonds is 5. The predicted octanol–water partition coefficient (Wildman–Crippen LogP) is 3.24. The van der Waals surface area contributed by atoms with Crippen LogP contribution in [0.3, 0.4) is 0 Å². The lowest BCUT2D eigenvalue weighted by molar-refractivity contribution is 0.0692. The van der Waals surface area contributed by atoms with Crippen molar-refractivity contribution in [3.63, 3.8) is 0 Å². The molecular formula is C21H19F2N3O4S2. The maximum Gasteiger partial charge on any atom is 0.273 e. The predicted molar refractivity (Wildman–Crippen MR) is 115 cm³/mol. The molecule has 0 radical (unpaired) electrons. The van der Waals surface area contributed by atoms with Gasteiger partial charge in [-0.1, -0.05) is 12.1 Å². The number of hydrogen-bond donors (Lipinski definition) is 0. The molecule has 0 saturated carbocycles. The van der Waals surface area contributed by atoms with Crippen molar-refractivity contribution in [3.8, 4) is 16.3 Å². The lowest BCUT2D eigenvalue weighted by atomic mass is 10.2. The molecule has 0 atom stereocenters. The van der Waals surface area contributed by atoms with Crippen LogP contribution in [0.4, 0.5) is 8.78 Å². The van der Waals surface area contributed by atoms with Crippen molar-refractivity contribution in [2.75, 3.05) is 33.3 Å². The number of para-hydroxylation sites is 1. The molecule has 3 aromatic rings. The van der Waals surface area contributed by atoms with E-state index in [1.165, 1.54) is 16.2 Å². The topological polar surface area (TPSA) is 79.8 Å². The molecule has 7 nitrogen and oxygen atoms in total. The number of hydrogen-bond acceptors (Lipinski definition) is 6. The van der Waals surface area contributed by atoms with E-state index in [0.717, 1.165) is 22.0 Å². The minimum Gasteiger partial charge on any atom is -0.496 e. The number of sulfonamides is 1. The van der Waals surface area contributed by atoms with Crippen molar-refractivity contribution in [1.82, 2.24) is 14.2 Å². The van der Waals surface area contributed by atoms with Gasteiger partial charge >= 0.3 is 0 Å². The third-order valence-electron chi connectivity index (χ3n) is 5.10. The fourth-order valence-corrected chi connectivity index (χ4v) is 5.73. The minimum absolute atomic E-state index is 0.00556. The van der Waals surface area contributed by atoms with E-state index in [0.29, 0.717) is 16.8 Å². The first-order valence-corrected chi connectivity index (χ1v) is 12.0. The molecular weight excluding hydrogens is 460 g/mol. The van der Waals surface area contributed by atoms with E-state index < -0.39 is 26.6 Å². The summed E-state index contributed by atoms with van der Waals surface area (Å²) in [6, 6.07) is 9.70. The normalized spacial score (nSPS) is 15.0. The summed E-state index contributed by atoms with van der Waals surface area (Å²) >= 11 is 1.31. The molecule has 168 valence electrons. The molecule has 0 aliphatic carbocycles. The van der Waals surface area contributed by atoms with Gasteiger partial charge in [-0.2, -0.15) is 4.31 Å². The molecule has 0 bridgehead atoms. The number of piperazine rings is 1. The number of ether oxygens (including phenoxy) is 1. The second kappa shape index (κ2) is 8.93. The van der Waals surface area contributed by atoms with Gasteiger partial charge in [-0.05, 0) is 24.3 Å². The highest BCUT2D eigenvalue weighted by molar-refractivity contribution is 7.89. The fourth-order valence-electron chi connectivity index (χ4n) is 3.43. The van der Waals surface area contributed by atoms with E-state index >= 15 is 0 Å². The summed E-state index contributed by atoms with van der Waals surface area (Å²) in [6.45, 7) is 0.244. The van der Waals surface area contributed by atoms with Crippen LogP contribution in [-0.2, 0) is 10.0 Å². The van der Waals surface area contributed by atoms with Crippen LogP contribution in [-0.4, -0.2) is 61.8 Å². The minimum atomic E-state index is -4.14. The van der Waals surface area contributed by atoms with Gasteiger partial charge in [0.05, 0.1) is 12.7 Å². The van der Waals surface area contributed by atoms with Crippen molar-refractivity contribution in [3.05, 3.63) is 65.2 Å². The number of benzene rings is 2. The molecule has 1 amide bonds. The zero-order chi connectivity index (χ0) is 22.9. The number of amides is 1. The number of thiazole rings is 1. The van der Waals surface area contributed by atoms with Crippen molar-refractivity contribution in [2.24, 2.45) is 0 Å². The Morgan fingerprint density at radius 1 is 1.09 bits per heavy atom. The molecule has 2 aromatic carbocycles. The monoisotopic (exact) mass is 479 g/mol. The van der Waals surface area contributed by atoms with Gasteiger partial charge in [0.25, 0.3) is 5.91 Å². The van der Waals surface area contributed by atoms with E-state index in [1.54, 1.807) is 12.5 Å². The molecule has 4 rings (SSSR count). The third kappa shape index (κ3) is 4.23. The molecule has 1 saturated heterocycles. The van der Waals surface area contributed by atoms with Crippen molar-refractivity contribution in [2.45, 2.75) is 4.90 Å². The van der Waals surface area contributed by atoms with Gasteiger partial charge in [0.2, 0.25) is 10.0 Å². The van der Waals surface area contributed by atoms with Gasteiger partial charge in [-0.25, -0.2) is 22.2 Å². The summed E-state index contributed by atoms with van der Waals surface area (Å²) < 4.78 is 59.0. The first-order valence-electron chi connectivity index (χ1n) is 9.64. The van der Waals surface area contributed by atoms with Gasteiger partial charge in [0.15, 0.2) is 0 Å². The molecule has 0 spiro atoms. The molecule has 0 N–H and O–H groups in total. The average Bonchev–Trinajstić information content (AvgIpc) is 3.28. The Morgan fingerprint density at radius 2 is 1.81 bits per heavy atom. The highest BCUT2D eigenvalue weighted by Gasteiger charge is 2.33. The summed E-state index contributed by atoms with van der Waals surface area (Å²) in [7, 11) is -2.58. The van der Waals surface area contributed by atoms with Crippen LogP contribution in [0, 0.1) is 11.6 Å². The summed E-state index contributed by atoms with van der Waals surface area (Å²) in [5, 5.41) is 2.29. The van der Waals surface area contributed by atoms with Gasteiger partial charge in [-0.3, -0.25) is 4.79 Å². The lowest BCUT2D eigenvalue weighted by Crippen LogP contribution is -2.50. The standard InChI is InChI=1S/C21H19F2N3O4S2/c1-30-18-5-3-2-4-15(18)20-24-17(13-31-20)21(27)25-8-10-26(11-9-25)32(28,29)19-7-6-14(22)12-16(19)23/h2-7,12-13H,8-11H2,1H3. The number of carbonyl (C=O) groups excluding carboxylic acids is 1. The Morgan fingerprint density at radius 3 is 2.50 bits per heavy atom. The second-order valence-corrected chi connectivity index (χ2v) is 9.77. The number of carbonyl (C=O) groups is 1. The van der Waals surface area contributed by atoms with E-state index in [9.17, 15) is 22.0 Å². The summed E-state index contributed by atoms with van der Waals surface area (Å²) in [5.41, 5.74) is 1.04. The first kappa shape index (κ1) is 22.3. The number of aromatic nitrogens is 1. The van der Waals surface area contributed by atoms with Crippen molar-refractivity contribution >= 4 is 27.3 Å². The van der Waals surface area contributed by atoms with E-state index in [-0.39, 0.29) is 37.8 Å². The molecule has 1 aliphatic heterocycles. The third-order valence-corrected chi connectivity index (χ3v) is 7.91. The van der Waals surface area contributed by atoms with Crippen molar-refractivity contribution < 1.29 is 26.7 Å². The maximum atomic E-state index is 14.0. The first-order chi connectivity index (χ1) is 15.3. The lowest BCUT2D eigenvalue weighted by Gasteiger charge is -2.33. The van der Waals surface area contributed by atoms with Crippen LogP contribution < -0.4 is 4.74 Å². The molecule has 0 unspecified atom stereocenters. The number of nitrogens with zero attached hydrogens (tertiary/aromatic N) is 3. The largest absolute Gasteiger partial charge is 0.496 e. The van der Waals surface area contributed by atoms with E-state index in [2.05, 4.69) is 4.98 Å². The smallest absolute Gasteiger partial charge is 0.273 e. The molecule has 2 heterocycles. The molecule has 11 heteroatoms. The Labute approximate surface area is 187 Å². The van der Waals surface area contributed by atoms with E-state index in [1.807, 2.05) is 24.3 Å². The zero-order valence-electron chi connectivity index (χ0n) is 17.0. The number of halogens is 2. The number of methoxy groups -OCH3 is 1. The summed E-state index contributed by atoms with van der Waals surface area (Å²) in [5.74, 6) is -1.66. The van der Waals surface area contributed by atoms with Gasteiger partial charge in [-0.15, -0.1) is 11.3 Å². The quantitative estimate of drug-likeness (QED) is 0.561. The maximum absolute atomic E-state index is 14.0. The molecule has 1 fully saturated rings. The fraction of sp³-hybridized carbons (Fsp3) is 0.238. The van der Waals surface area contributed by atoms with Crippen LogP contribution in [0.15, 0.2) is 52.7 Å². The highest BCUT2D eigenvalue weighted by Crippen LogP contribution is 2.32. The Kier molecular flexibility index (Phi) is 6.22. The second-order valence-electron chi connectivity index (χ2n) is 7.01. The van der Waals surface area contributed by atoms with Crippen molar-refractivity contribution in [1.29, 1.82) is 0 Å². The van der Waals surface area contributed by atoms with Crippen LogP contribution in [0.2, 0.25) is 0 Å². The Bertz CT molecular complexity index is 1260. The van der Waals surface area contributed by atoms with Crippen LogP contribution in [0.1, 0.15) is 10.5 Å². The Hall–Kier alpha value is -2.89. The van der Waals surface area contributed by atoms with E-state index in [4.69, 9.17) is 4.74 Å². The molecule has 1 aromatic heterocycles. The van der Waals surface area contributed by atoms with Crippen LogP contribution in [0.25, 0.3) is 10.6 Å². The Balaban J connectivity index is 1.46. The zero-order valence-corrected chi connectivity index (χ0v) is 18.6. The molecule has 32 heavy (non-hydrogen) atoms.